The van der Waals surface area contributed by atoms with Crippen LogP contribution in [0.15, 0.2) is 23.8 Å². The second-order valence-corrected chi connectivity index (χ2v) is 9.57. The lowest BCUT2D eigenvalue weighted by atomic mass is 9.48. The van der Waals surface area contributed by atoms with Crippen molar-refractivity contribution in [2.45, 2.75) is 59.3 Å². The van der Waals surface area contributed by atoms with Gasteiger partial charge in [-0.05, 0) is 90.7 Å². The van der Waals surface area contributed by atoms with E-state index in [1.807, 2.05) is 6.08 Å². The van der Waals surface area contributed by atoms with Gasteiger partial charge in [-0.3, -0.25) is 4.79 Å². The van der Waals surface area contributed by atoms with Gasteiger partial charge in [0.1, 0.15) is 0 Å². The summed E-state index contributed by atoms with van der Waals surface area (Å²) < 4.78 is 0. The van der Waals surface area contributed by atoms with Gasteiger partial charge in [0.15, 0.2) is 5.78 Å². The van der Waals surface area contributed by atoms with Crippen LogP contribution in [0.25, 0.3) is 0 Å². The summed E-state index contributed by atoms with van der Waals surface area (Å²) in [5.74, 6) is 3.99. The molecule has 2 N–H and O–H groups in total. The number of rotatable bonds is 2. The van der Waals surface area contributed by atoms with Gasteiger partial charge in [-0.15, -0.1) is 0 Å². The van der Waals surface area contributed by atoms with E-state index in [0.717, 1.165) is 37.1 Å². The first kappa shape index (κ1) is 16.6. The van der Waals surface area contributed by atoms with Gasteiger partial charge in [-0.2, -0.15) is 0 Å². The Balaban J connectivity index is 1.68. The predicted molar refractivity (Wildman–Crippen MR) is 98.3 cm³/mol. The number of ketones is 1. The van der Waals surface area contributed by atoms with Gasteiger partial charge < -0.3 is 5.73 Å². The Morgan fingerprint density at radius 2 is 2.00 bits per heavy atom. The fourth-order valence-electron chi connectivity index (χ4n) is 7.14. The van der Waals surface area contributed by atoms with E-state index in [2.05, 4.69) is 32.9 Å². The Hall–Kier alpha value is -0.890. The molecule has 0 aliphatic heterocycles. The Bertz CT molecular complexity index is 605. The number of hydrogen-bond acceptors (Lipinski definition) is 2. The molecule has 4 aliphatic rings. The SMILES string of the molecule is C[C@H](CN)[C@H]1CC[C@H]2[C@@H]3C=CC4=CC(=O)CC[C@]4(C)[C@H]3CC[C@]12C. The number of carbonyl (C=O) groups is 1. The Kier molecular flexibility index (Phi) is 3.84. The van der Waals surface area contributed by atoms with Crippen molar-refractivity contribution >= 4 is 5.78 Å². The second-order valence-electron chi connectivity index (χ2n) is 9.57. The molecule has 7 atom stereocenters. The lowest BCUT2D eigenvalue weighted by molar-refractivity contribution is -0.116. The van der Waals surface area contributed by atoms with Crippen LogP contribution in [0.1, 0.15) is 59.3 Å². The lowest BCUT2D eigenvalue weighted by Gasteiger charge is -2.56. The zero-order valence-corrected chi connectivity index (χ0v) is 15.6. The normalized spacial score (nSPS) is 48.3. The minimum atomic E-state index is 0.228. The van der Waals surface area contributed by atoms with Gasteiger partial charge in [0.25, 0.3) is 0 Å². The summed E-state index contributed by atoms with van der Waals surface area (Å²) in [5, 5.41) is 0. The van der Waals surface area contributed by atoms with Gasteiger partial charge in [0, 0.05) is 6.42 Å². The van der Waals surface area contributed by atoms with Gasteiger partial charge in [-0.1, -0.05) is 32.9 Å². The van der Waals surface area contributed by atoms with Crippen molar-refractivity contribution in [1.82, 2.24) is 0 Å². The highest BCUT2D eigenvalue weighted by Gasteiger charge is 2.58. The van der Waals surface area contributed by atoms with Gasteiger partial charge in [0.2, 0.25) is 0 Å². The van der Waals surface area contributed by atoms with E-state index in [9.17, 15) is 4.79 Å². The molecular weight excluding hydrogens is 294 g/mol. The Morgan fingerprint density at radius 3 is 2.75 bits per heavy atom. The van der Waals surface area contributed by atoms with Crippen molar-refractivity contribution in [3.63, 3.8) is 0 Å². The lowest BCUT2D eigenvalue weighted by Crippen LogP contribution is -2.49. The molecule has 4 aliphatic carbocycles. The van der Waals surface area contributed by atoms with E-state index in [1.165, 1.54) is 31.3 Å². The molecule has 132 valence electrons. The van der Waals surface area contributed by atoms with E-state index in [1.54, 1.807) is 0 Å². The Labute approximate surface area is 147 Å². The summed E-state index contributed by atoms with van der Waals surface area (Å²) in [6.45, 7) is 8.17. The first-order chi connectivity index (χ1) is 11.4. The van der Waals surface area contributed by atoms with E-state index >= 15 is 0 Å². The monoisotopic (exact) mass is 327 g/mol. The van der Waals surface area contributed by atoms with Crippen LogP contribution in [0.4, 0.5) is 0 Å². The van der Waals surface area contributed by atoms with Gasteiger partial charge in [-0.25, -0.2) is 0 Å². The van der Waals surface area contributed by atoms with Crippen molar-refractivity contribution in [2.24, 2.45) is 46.2 Å². The molecular formula is C22H33NO. The molecule has 0 saturated heterocycles. The predicted octanol–water partition coefficient (Wildman–Crippen LogP) is 4.51. The molecule has 0 heterocycles. The highest BCUT2D eigenvalue weighted by atomic mass is 16.1. The maximum atomic E-state index is 11.9. The van der Waals surface area contributed by atoms with Gasteiger partial charge >= 0.3 is 0 Å². The van der Waals surface area contributed by atoms with Crippen molar-refractivity contribution in [3.8, 4) is 0 Å². The molecule has 4 rings (SSSR count). The number of nitrogens with two attached hydrogens (primary N) is 1. The molecule has 0 radical (unpaired) electrons. The third-order valence-corrected chi connectivity index (χ3v) is 8.65. The van der Waals surface area contributed by atoms with Crippen LogP contribution in [0, 0.1) is 40.4 Å². The molecule has 2 fully saturated rings. The second kappa shape index (κ2) is 5.56. The number of fused-ring (bicyclic) bond motifs is 5. The number of carbonyl (C=O) groups excluding carboxylic acids is 1. The Morgan fingerprint density at radius 1 is 1.21 bits per heavy atom. The summed E-state index contributed by atoms with van der Waals surface area (Å²) in [6, 6.07) is 0. The fourth-order valence-corrected chi connectivity index (χ4v) is 7.14. The van der Waals surface area contributed by atoms with Crippen LogP contribution in [-0.2, 0) is 4.79 Å². The smallest absolute Gasteiger partial charge is 0.156 e. The van der Waals surface area contributed by atoms with E-state index < -0.39 is 0 Å². The first-order valence-corrected chi connectivity index (χ1v) is 10.0. The fraction of sp³-hybridized carbons (Fsp3) is 0.773. The number of allylic oxidation sites excluding steroid dienone is 4. The molecule has 0 spiro atoms. The van der Waals surface area contributed by atoms with Gasteiger partial charge in [0.05, 0.1) is 0 Å². The van der Waals surface area contributed by atoms with Crippen molar-refractivity contribution in [2.75, 3.05) is 6.54 Å². The van der Waals surface area contributed by atoms with Crippen LogP contribution in [0.3, 0.4) is 0 Å². The van der Waals surface area contributed by atoms with Crippen LogP contribution in [0.5, 0.6) is 0 Å². The zero-order valence-electron chi connectivity index (χ0n) is 15.6. The van der Waals surface area contributed by atoms with Crippen LogP contribution >= 0.6 is 0 Å². The highest BCUT2D eigenvalue weighted by Crippen LogP contribution is 2.66. The standard InChI is InChI=1S/C22H33NO/c1-14(13-23)18-6-7-19-17-5-4-15-12-16(24)8-10-21(15,2)20(17)9-11-22(18,19)3/h4-5,12,14,17-20H,6-11,13,23H2,1-3H3/t14-,17+,18-,19+,20+,21+,22-/m1/s1. The third-order valence-electron chi connectivity index (χ3n) is 8.65. The average Bonchev–Trinajstić information content (AvgIpc) is 2.92. The molecule has 2 saturated carbocycles. The maximum Gasteiger partial charge on any atom is 0.156 e. The molecule has 0 aromatic carbocycles. The molecule has 0 aromatic heterocycles. The van der Waals surface area contributed by atoms with E-state index in [0.29, 0.717) is 23.0 Å². The summed E-state index contributed by atoms with van der Waals surface area (Å²) in [5.41, 5.74) is 8.04. The highest BCUT2D eigenvalue weighted by molar-refractivity contribution is 5.92. The molecule has 0 bridgehead atoms. The van der Waals surface area contributed by atoms with Crippen molar-refractivity contribution in [1.29, 1.82) is 0 Å². The molecule has 0 aromatic rings. The quantitative estimate of drug-likeness (QED) is 0.811. The molecule has 2 nitrogen and oxygen atoms in total. The molecule has 0 amide bonds. The molecule has 0 unspecified atom stereocenters. The van der Waals surface area contributed by atoms with Crippen LogP contribution in [-0.4, -0.2) is 12.3 Å². The first-order valence-electron chi connectivity index (χ1n) is 10.0. The summed E-state index contributed by atoms with van der Waals surface area (Å²) in [4.78, 5) is 11.9. The van der Waals surface area contributed by atoms with Crippen LogP contribution in [0.2, 0.25) is 0 Å². The third kappa shape index (κ3) is 2.14. The van der Waals surface area contributed by atoms with Crippen LogP contribution < -0.4 is 5.73 Å². The summed E-state index contributed by atoms with van der Waals surface area (Å²) >= 11 is 0. The summed E-state index contributed by atoms with van der Waals surface area (Å²) in [6.07, 6.45) is 13.9. The largest absolute Gasteiger partial charge is 0.330 e. The van der Waals surface area contributed by atoms with Crippen molar-refractivity contribution in [3.05, 3.63) is 23.8 Å². The zero-order chi connectivity index (χ0) is 17.1. The molecule has 2 heteroatoms. The maximum absolute atomic E-state index is 11.9. The number of hydrogen-bond donors (Lipinski definition) is 1. The molecule has 24 heavy (non-hydrogen) atoms. The van der Waals surface area contributed by atoms with E-state index in [4.69, 9.17) is 5.73 Å². The van der Waals surface area contributed by atoms with E-state index in [-0.39, 0.29) is 5.41 Å². The minimum Gasteiger partial charge on any atom is -0.330 e. The summed E-state index contributed by atoms with van der Waals surface area (Å²) in [7, 11) is 0. The minimum absolute atomic E-state index is 0.228. The van der Waals surface area contributed by atoms with Crippen molar-refractivity contribution < 1.29 is 4.79 Å². The topological polar surface area (TPSA) is 43.1 Å². The average molecular weight is 328 g/mol.